The monoisotopic (exact) mass is 537 g/mol. The van der Waals surface area contributed by atoms with Crippen molar-refractivity contribution in [3.05, 3.63) is 74.8 Å². The van der Waals surface area contributed by atoms with Crippen molar-refractivity contribution in [1.82, 2.24) is 30.1 Å². The number of piperazine rings is 1. The number of nitrogens with zero attached hydrogens (tertiary/aromatic N) is 6. The molecule has 2 aromatic carbocycles. The number of rotatable bonds is 9. The Morgan fingerprint density at radius 2 is 1.92 bits per heavy atom. The van der Waals surface area contributed by atoms with Crippen LogP contribution in [0.5, 0.6) is 5.75 Å². The van der Waals surface area contributed by atoms with Crippen LogP contribution in [0, 0.1) is 6.92 Å². The molecule has 5 rings (SSSR count). The third kappa shape index (κ3) is 5.38. The van der Waals surface area contributed by atoms with Crippen molar-refractivity contribution in [1.29, 1.82) is 0 Å². The number of aromatic nitrogens is 5. The highest BCUT2D eigenvalue weighted by molar-refractivity contribution is 6.30. The Morgan fingerprint density at radius 1 is 1.11 bits per heavy atom. The number of nitrogens with one attached hydrogen (secondary N) is 1. The maximum absolute atomic E-state index is 13.5. The van der Waals surface area contributed by atoms with Crippen molar-refractivity contribution >= 4 is 28.2 Å². The predicted molar refractivity (Wildman–Crippen MR) is 147 cm³/mol. The third-order valence-electron chi connectivity index (χ3n) is 6.95. The predicted octanol–water partition coefficient (Wildman–Crippen LogP) is 3.43. The number of aryl methyl sites for hydroxylation is 1. The van der Waals surface area contributed by atoms with Gasteiger partial charge in [0.2, 0.25) is 0 Å². The molecule has 11 heteroatoms. The van der Waals surface area contributed by atoms with Crippen LogP contribution in [-0.2, 0) is 11.3 Å². The van der Waals surface area contributed by atoms with Gasteiger partial charge in [-0.05, 0) is 66.2 Å². The number of aromatic amines is 1. The van der Waals surface area contributed by atoms with Gasteiger partial charge in [0.25, 0.3) is 5.56 Å². The Balaban J connectivity index is 1.52. The van der Waals surface area contributed by atoms with Crippen molar-refractivity contribution < 1.29 is 9.47 Å². The number of benzene rings is 2. The number of methoxy groups -OCH3 is 1. The Hall–Kier alpha value is -3.47. The lowest BCUT2D eigenvalue weighted by Crippen LogP contribution is -2.49. The van der Waals surface area contributed by atoms with Crippen molar-refractivity contribution in [2.75, 3.05) is 51.4 Å². The zero-order valence-corrected chi connectivity index (χ0v) is 22.6. The number of ether oxygens (including phenoxy) is 2. The first kappa shape index (κ1) is 26.1. The third-order valence-corrected chi connectivity index (χ3v) is 7.19. The molecule has 1 atom stereocenters. The summed E-state index contributed by atoms with van der Waals surface area (Å²) in [4.78, 5) is 21.1. The molecular formula is C27H32ClN7O3. The van der Waals surface area contributed by atoms with Crippen molar-refractivity contribution in [2.45, 2.75) is 26.4 Å². The van der Waals surface area contributed by atoms with Crippen LogP contribution in [0.1, 0.15) is 29.9 Å². The summed E-state index contributed by atoms with van der Waals surface area (Å²) >= 11 is 6.30. The molecule has 0 aliphatic carbocycles. The molecule has 1 aliphatic heterocycles. The minimum atomic E-state index is -0.437. The van der Waals surface area contributed by atoms with E-state index in [1.54, 1.807) is 11.8 Å². The minimum absolute atomic E-state index is 0.166. The highest BCUT2D eigenvalue weighted by Gasteiger charge is 2.33. The lowest BCUT2D eigenvalue weighted by atomic mass is 10.0. The molecular weight excluding hydrogens is 506 g/mol. The fraction of sp³-hybridized carbons (Fsp3) is 0.407. The van der Waals surface area contributed by atoms with Gasteiger partial charge in [-0.25, -0.2) is 4.68 Å². The summed E-state index contributed by atoms with van der Waals surface area (Å²) < 4.78 is 12.7. The number of anilines is 1. The van der Waals surface area contributed by atoms with Crippen molar-refractivity contribution in [3.8, 4) is 5.75 Å². The first-order chi connectivity index (χ1) is 18.5. The quantitative estimate of drug-likeness (QED) is 0.346. The van der Waals surface area contributed by atoms with Crippen LogP contribution >= 0.6 is 11.6 Å². The van der Waals surface area contributed by atoms with Gasteiger partial charge in [-0.3, -0.25) is 9.69 Å². The van der Waals surface area contributed by atoms with Gasteiger partial charge in [-0.2, -0.15) is 0 Å². The highest BCUT2D eigenvalue weighted by atomic mass is 35.5. The Labute approximate surface area is 226 Å². The average molecular weight is 538 g/mol. The molecule has 0 spiro atoms. The van der Waals surface area contributed by atoms with Gasteiger partial charge >= 0.3 is 0 Å². The standard InChI is InChI=1S/C27H32ClN7O3/c1-4-38-21-7-8-23-19(15-21)16-22(27(36)29-23)25(26-30-31-32-35(26)13-14-37-3)34-11-9-33(10-12-34)24-17-20(28)6-5-18(24)2/h5-8,15-17,25H,4,9-14H2,1-3H3,(H,29,36). The van der Waals surface area contributed by atoms with E-state index in [9.17, 15) is 4.79 Å². The number of pyridine rings is 1. The van der Waals surface area contributed by atoms with E-state index in [0.29, 0.717) is 44.2 Å². The van der Waals surface area contributed by atoms with Crippen molar-refractivity contribution in [3.63, 3.8) is 0 Å². The average Bonchev–Trinajstić information content (AvgIpc) is 3.38. The summed E-state index contributed by atoms with van der Waals surface area (Å²) in [6, 6.07) is 13.1. The SMILES string of the molecule is CCOc1ccc2[nH]c(=O)c(C(c3nnnn3CCOC)N3CCN(c4cc(Cl)ccc4C)CC3)cc2c1. The van der Waals surface area contributed by atoms with Crippen LogP contribution < -0.4 is 15.2 Å². The van der Waals surface area contributed by atoms with Gasteiger partial charge in [-0.15, -0.1) is 5.10 Å². The molecule has 1 saturated heterocycles. The van der Waals surface area contributed by atoms with E-state index in [-0.39, 0.29) is 5.56 Å². The van der Waals surface area contributed by atoms with Gasteiger partial charge in [0, 0.05) is 60.5 Å². The summed E-state index contributed by atoms with van der Waals surface area (Å²) in [6.07, 6.45) is 0. The molecule has 0 bridgehead atoms. The molecule has 1 unspecified atom stereocenters. The maximum atomic E-state index is 13.5. The lowest BCUT2D eigenvalue weighted by Gasteiger charge is -2.40. The van der Waals surface area contributed by atoms with E-state index in [2.05, 4.69) is 37.2 Å². The number of hydrogen-bond acceptors (Lipinski definition) is 8. The van der Waals surface area contributed by atoms with Gasteiger partial charge in [0.1, 0.15) is 11.8 Å². The van der Waals surface area contributed by atoms with Gasteiger partial charge < -0.3 is 19.4 Å². The summed E-state index contributed by atoms with van der Waals surface area (Å²) in [7, 11) is 1.64. The molecule has 38 heavy (non-hydrogen) atoms. The normalized spacial score (nSPS) is 15.2. The fourth-order valence-corrected chi connectivity index (χ4v) is 5.22. The number of H-pyrrole nitrogens is 1. The second-order valence-electron chi connectivity index (χ2n) is 9.35. The van der Waals surface area contributed by atoms with E-state index in [4.69, 9.17) is 21.1 Å². The van der Waals surface area contributed by atoms with Crippen molar-refractivity contribution in [2.24, 2.45) is 0 Å². The van der Waals surface area contributed by atoms with Gasteiger partial charge in [0.15, 0.2) is 5.82 Å². The molecule has 0 radical (unpaired) electrons. The van der Waals surface area contributed by atoms with Crippen LogP contribution in [0.4, 0.5) is 5.69 Å². The van der Waals surface area contributed by atoms with Crippen LogP contribution in [0.2, 0.25) is 5.02 Å². The number of fused-ring (bicyclic) bond motifs is 1. The number of hydrogen-bond donors (Lipinski definition) is 1. The van der Waals surface area contributed by atoms with Crippen LogP contribution in [0.25, 0.3) is 10.9 Å². The number of halogens is 1. The summed E-state index contributed by atoms with van der Waals surface area (Å²) in [5.41, 5.74) is 3.49. The fourth-order valence-electron chi connectivity index (χ4n) is 5.05. The molecule has 10 nitrogen and oxygen atoms in total. The molecule has 4 aromatic rings. The van der Waals surface area contributed by atoms with E-state index >= 15 is 0 Å². The summed E-state index contributed by atoms with van der Waals surface area (Å²) in [6.45, 7) is 8.52. The molecule has 1 aliphatic rings. The molecule has 2 aromatic heterocycles. The van der Waals surface area contributed by atoms with E-state index in [0.717, 1.165) is 40.5 Å². The van der Waals surface area contributed by atoms with E-state index in [1.165, 1.54) is 5.56 Å². The second-order valence-corrected chi connectivity index (χ2v) is 9.78. The van der Waals surface area contributed by atoms with Crippen LogP contribution in [0.3, 0.4) is 0 Å². The first-order valence-electron chi connectivity index (χ1n) is 12.8. The zero-order valence-electron chi connectivity index (χ0n) is 21.9. The molecule has 3 heterocycles. The van der Waals surface area contributed by atoms with E-state index < -0.39 is 6.04 Å². The van der Waals surface area contributed by atoms with Crippen LogP contribution in [-0.4, -0.2) is 76.6 Å². The minimum Gasteiger partial charge on any atom is -0.494 e. The summed E-state index contributed by atoms with van der Waals surface area (Å²) in [5.74, 6) is 1.37. The Kier molecular flexibility index (Phi) is 7.92. The molecule has 0 saturated carbocycles. The number of tetrazole rings is 1. The highest BCUT2D eigenvalue weighted by Crippen LogP contribution is 2.31. The Bertz CT molecular complexity index is 1460. The second kappa shape index (κ2) is 11.5. The molecule has 1 N–H and O–H groups in total. The lowest BCUT2D eigenvalue weighted by molar-refractivity contribution is 0.171. The maximum Gasteiger partial charge on any atom is 0.253 e. The van der Waals surface area contributed by atoms with Gasteiger partial charge in [-0.1, -0.05) is 17.7 Å². The molecule has 0 amide bonds. The molecule has 200 valence electrons. The van der Waals surface area contributed by atoms with Gasteiger partial charge in [0.05, 0.1) is 19.8 Å². The smallest absolute Gasteiger partial charge is 0.253 e. The Morgan fingerprint density at radius 3 is 2.68 bits per heavy atom. The first-order valence-corrected chi connectivity index (χ1v) is 13.2. The van der Waals surface area contributed by atoms with E-state index in [1.807, 2.05) is 49.4 Å². The molecule has 1 fully saturated rings. The largest absolute Gasteiger partial charge is 0.494 e. The van der Waals surface area contributed by atoms with Crippen LogP contribution in [0.15, 0.2) is 47.3 Å². The summed E-state index contributed by atoms with van der Waals surface area (Å²) in [5, 5.41) is 14.2. The zero-order chi connectivity index (χ0) is 26.6. The topological polar surface area (TPSA) is 101 Å².